The standard InChI is InChI=1S/C26H56ClP/c1-5-9-13-17-18-22-26-28(27,23-19-14-10-6-2,24-20-15-11-7-3)25-21-16-12-8-4/h5-26H2,1-4H3. The SMILES string of the molecule is CCCCCCCCP(Cl)(CCCCCC)(CCCCCC)CCCCCC. The Bertz CT molecular complexity index is 294. The summed E-state index contributed by atoms with van der Waals surface area (Å²) in [5.74, 6) is -2.03. The van der Waals surface area contributed by atoms with Crippen LogP contribution >= 0.6 is 17.2 Å². The minimum atomic E-state index is -2.03. The van der Waals surface area contributed by atoms with E-state index in [-0.39, 0.29) is 0 Å². The first-order valence-corrected chi connectivity index (χ1v) is 17.1. The van der Waals surface area contributed by atoms with Crippen molar-refractivity contribution in [2.45, 2.75) is 143 Å². The number of halogens is 1. The molecule has 0 atom stereocenters. The van der Waals surface area contributed by atoms with Crippen molar-refractivity contribution in [3.8, 4) is 0 Å². The van der Waals surface area contributed by atoms with Gasteiger partial charge in [0.1, 0.15) is 0 Å². The molecule has 0 heterocycles. The van der Waals surface area contributed by atoms with Crippen LogP contribution in [0.4, 0.5) is 0 Å². The van der Waals surface area contributed by atoms with E-state index >= 15 is 0 Å². The van der Waals surface area contributed by atoms with Gasteiger partial charge in [-0.15, -0.1) is 0 Å². The van der Waals surface area contributed by atoms with Crippen molar-refractivity contribution < 1.29 is 0 Å². The molecule has 0 aromatic rings. The molecule has 0 N–H and O–H groups in total. The quantitative estimate of drug-likeness (QED) is 0.117. The van der Waals surface area contributed by atoms with Crippen LogP contribution in [0.25, 0.3) is 0 Å². The minimum absolute atomic E-state index is 1.34. The van der Waals surface area contributed by atoms with Gasteiger partial charge in [-0.05, 0) is 0 Å². The van der Waals surface area contributed by atoms with E-state index in [0.29, 0.717) is 0 Å². The molecule has 0 nitrogen and oxygen atoms in total. The molecule has 0 aromatic heterocycles. The molecule has 0 amide bonds. The van der Waals surface area contributed by atoms with E-state index in [0.717, 1.165) is 0 Å². The normalized spacial score (nSPS) is 13.5. The van der Waals surface area contributed by atoms with E-state index in [9.17, 15) is 0 Å². The Morgan fingerprint density at radius 2 is 0.571 bits per heavy atom. The zero-order valence-electron chi connectivity index (χ0n) is 20.4. The molecule has 28 heavy (non-hydrogen) atoms. The van der Waals surface area contributed by atoms with Crippen LogP contribution in [0.2, 0.25) is 0 Å². The molecule has 0 aliphatic carbocycles. The van der Waals surface area contributed by atoms with Gasteiger partial charge in [-0.3, -0.25) is 0 Å². The van der Waals surface area contributed by atoms with E-state index in [4.69, 9.17) is 11.2 Å². The Morgan fingerprint density at radius 1 is 0.357 bits per heavy atom. The Balaban J connectivity index is 4.91. The Labute approximate surface area is 185 Å². The van der Waals surface area contributed by atoms with Crippen LogP contribution in [0.3, 0.4) is 0 Å². The fraction of sp³-hybridized carbons (Fsp3) is 1.00. The van der Waals surface area contributed by atoms with Crippen molar-refractivity contribution in [1.82, 2.24) is 0 Å². The second-order valence-electron chi connectivity index (χ2n) is 9.66. The summed E-state index contributed by atoms with van der Waals surface area (Å²) in [6, 6.07) is 0. The first-order chi connectivity index (χ1) is 13.5. The number of rotatable bonds is 22. The molecule has 0 aliphatic rings. The van der Waals surface area contributed by atoms with Gasteiger partial charge in [0, 0.05) is 0 Å². The summed E-state index contributed by atoms with van der Waals surface area (Å²) < 4.78 is 0. The molecule has 0 fully saturated rings. The van der Waals surface area contributed by atoms with Crippen LogP contribution in [0, 0.1) is 0 Å². The summed E-state index contributed by atoms with van der Waals surface area (Å²) in [5, 5.41) is 0. The summed E-state index contributed by atoms with van der Waals surface area (Å²) in [6.45, 7) is 9.29. The fourth-order valence-electron chi connectivity index (χ4n) is 4.76. The first kappa shape index (κ1) is 28.7. The molecule has 0 aromatic carbocycles. The van der Waals surface area contributed by atoms with Crippen molar-refractivity contribution >= 4 is 17.2 Å². The molecular formula is C26H56ClP. The van der Waals surface area contributed by atoms with Crippen LogP contribution in [0.15, 0.2) is 0 Å². The van der Waals surface area contributed by atoms with Gasteiger partial charge >= 0.3 is 185 Å². The molecule has 0 spiro atoms. The second-order valence-corrected chi connectivity index (χ2v) is 18.0. The van der Waals surface area contributed by atoms with Crippen molar-refractivity contribution in [1.29, 1.82) is 0 Å². The molecule has 0 saturated carbocycles. The Morgan fingerprint density at radius 3 is 0.857 bits per heavy atom. The maximum atomic E-state index is 7.91. The molecule has 0 aliphatic heterocycles. The Hall–Kier alpha value is 0.720. The number of hydrogen-bond acceptors (Lipinski definition) is 0. The Kier molecular flexibility index (Phi) is 19.0. The van der Waals surface area contributed by atoms with E-state index < -0.39 is 5.96 Å². The van der Waals surface area contributed by atoms with Crippen molar-refractivity contribution in [2.24, 2.45) is 0 Å². The molecule has 0 bridgehead atoms. The summed E-state index contributed by atoms with van der Waals surface area (Å²) in [7, 11) is 0. The van der Waals surface area contributed by atoms with Crippen LogP contribution in [0.5, 0.6) is 0 Å². The van der Waals surface area contributed by atoms with E-state index in [1.165, 1.54) is 140 Å². The molecular weight excluding hydrogens is 379 g/mol. The van der Waals surface area contributed by atoms with Crippen molar-refractivity contribution in [3.63, 3.8) is 0 Å². The van der Waals surface area contributed by atoms with Crippen LogP contribution in [-0.4, -0.2) is 24.6 Å². The van der Waals surface area contributed by atoms with E-state index in [1.807, 2.05) is 0 Å². The fourth-order valence-corrected chi connectivity index (χ4v) is 11.6. The number of hydrogen-bond donors (Lipinski definition) is 0. The molecule has 2 heteroatoms. The molecule has 172 valence electrons. The summed E-state index contributed by atoms with van der Waals surface area (Å²) >= 11 is 7.91. The first-order valence-electron chi connectivity index (χ1n) is 13.3. The molecule has 0 unspecified atom stereocenters. The van der Waals surface area contributed by atoms with Crippen LogP contribution in [0.1, 0.15) is 143 Å². The van der Waals surface area contributed by atoms with Crippen molar-refractivity contribution in [2.75, 3.05) is 24.6 Å². The molecule has 0 saturated heterocycles. The van der Waals surface area contributed by atoms with Gasteiger partial charge in [0.25, 0.3) is 0 Å². The average Bonchev–Trinajstić information content (AvgIpc) is 2.69. The predicted octanol–water partition coefficient (Wildman–Crippen LogP) is 10.8. The van der Waals surface area contributed by atoms with Crippen molar-refractivity contribution in [3.05, 3.63) is 0 Å². The zero-order chi connectivity index (χ0) is 21.0. The third-order valence-corrected chi connectivity index (χ3v) is 14.5. The molecule has 0 radical (unpaired) electrons. The van der Waals surface area contributed by atoms with Gasteiger partial charge in [0.05, 0.1) is 0 Å². The van der Waals surface area contributed by atoms with E-state index in [1.54, 1.807) is 0 Å². The zero-order valence-corrected chi connectivity index (χ0v) is 22.0. The topological polar surface area (TPSA) is 0 Å². The van der Waals surface area contributed by atoms with Gasteiger partial charge in [-0.1, -0.05) is 0 Å². The van der Waals surface area contributed by atoms with Crippen LogP contribution < -0.4 is 0 Å². The molecule has 0 rings (SSSR count). The predicted molar refractivity (Wildman–Crippen MR) is 138 cm³/mol. The maximum absolute atomic E-state index is 7.91. The van der Waals surface area contributed by atoms with Crippen LogP contribution in [-0.2, 0) is 0 Å². The summed E-state index contributed by atoms with van der Waals surface area (Å²) in [5.41, 5.74) is 0. The monoisotopic (exact) mass is 434 g/mol. The van der Waals surface area contributed by atoms with E-state index in [2.05, 4.69) is 27.7 Å². The third kappa shape index (κ3) is 14.7. The van der Waals surface area contributed by atoms with Gasteiger partial charge in [-0.25, -0.2) is 0 Å². The summed E-state index contributed by atoms with van der Waals surface area (Å²) in [4.78, 5) is 0. The van der Waals surface area contributed by atoms with Gasteiger partial charge < -0.3 is 0 Å². The second kappa shape index (κ2) is 18.5. The van der Waals surface area contributed by atoms with Gasteiger partial charge in [0.15, 0.2) is 0 Å². The van der Waals surface area contributed by atoms with Gasteiger partial charge in [0.2, 0.25) is 0 Å². The van der Waals surface area contributed by atoms with Gasteiger partial charge in [-0.2, -0.15) is 0 Å². The average molecular weight is 435 g/mol. The third-order valence-electron chi connectivity index (χ3n) is 6.78. The summed E-state index contributed by atoms with van der Waals surface area (Å²) in [6.07, 6.45) is 30.6. The number of unbranched alkanes of at least 4 members (excludes halogenated alkanes) is 14.